The fourth-order valence-corrected chi connectivity index (χ4v) is 3.31. The largest absolute Gasteiger partial charge is 0.497 e. The number of H-pyrrole nitrogens is 1. The molecule has 0 saturated carbocycles. The Bertz CT molecular complexity index is 1250. The van der Waals surface area contributed by atoms with Gasteiger partial charge < -0.3 is 15.0 Å². The second-order valence-electron chi connectivity index (χ2n) is 6.82. The number of amides is 1. The topological polar surface area (TPSA) is 107 Å². The second-order valence-corrected chi connectivity index (χ2v) is 6.82. The van der Waals surface area contributed by atoms with E-state index in [0.29, 0.717) is 42.0 Å². The van der Waals surface area contributed by atoms with Crippen molar-refractivity contribution in [3.63, 3.8) is 0 Å². The lowest BCUT2D eigenvalue weighted by Gasteiger charge is -2.07. The molecule has 1 aromatic carbocycles. The Kier molecular flexibility index (Phi) is 5.34. The third kappa shape index (κ3) is 3.82. The van der Waals surface area contributed by atoms with Gasteiger partial charge in [-0.05, 0) is 30.0 Å². The van der Waals surface area contributed by atoms with E-state index in [1.54, 1.807) is 43.5 Å². The number of aromatic nitrogens is 5. The van der Waals surface area contributed by atoms with Crippen LogP contribution in [0, 0.1) is 0 Å². The fourth-order valence-electron chi connectivity index (χ4n) is 3.31. The van der Waals surface area contributed by atoms with Gasteiger partial charge in [0.15, 0.2) is 0 Å². The Morgan fingerprint density at radius 1 is 1.30 bits per heavy atom. The van der Waals surface area contributed by atoms with E-state index in [0.717, 1.165) is 11.1 Å². The first-order valence-corrected chi connectivity index (χ1v) is 9.57. The first kappa shape index (κ1) is 19.4. The van der Waals surface area contributed by atoms with Crippen LogP contribution in [0.1, 0.15) is 12.8 Å². The van der Waals surface area contributed by atoms with E-state index >= 15 is 0 Å². The number of methoxy groups -OCH3 is 1. The van der Waals surface area contributed by atoms with Crippen LogP contribution in [0.5, 0.6) is 5.75 Å². The zero-order valence-corrected chi connectivity index (χ0v) is 16.8. The normalized spacial score (nSPS) is 11.0. The smallest absolute Gasteiger partial charge is 0.259 e. The number of fused-ring (bicyclic) bond motifs is 1. The van der Waals surface area contributed by atoms with Gasteiger partial charge in [0, 0.05) is 44.7 Å². The van der Waals surface area contributed by atoms with Crippen molar-refractivity contribution < 1.29 is 9.53 Å². The maximum atomic E-state index is 12.7. The Morgan fingerprint density at radius 3 is 2.97 bits per heavy atom. The molecule has 154 valence electrons. The molecule has 0 aliphatic heterocycles. The molecule has 0 aliphatic carbocycles. The number of carbonyl (C=O) groups is 1. The molecule has 0 bridgehead atoms. The second kappa shape index (κ2) is 8.24. The van der Waals surface area contributed by atoms with Crippen LogP contribution in [0.2, 0.25) is 0 Å². The molecule has 0 spiro atoms. The van der Waals surface area contributed by atoms with Crippen LogP contribution < -0.4 is 15.6 Å². The zero-order chi connectivity index (χ0) is 21.1. The van der Waals surface area contributed by atoms with Crippen LogP contribution in [-0.2, 0) is 11.3 Å². The van der Waals surface area contributed by atoms with Gasteiger partial charge in [-0.1, -0.05) is 0 Å². The van der Waals surface area contributed by atoms with Crippen LogP contribution in [0.25, 0.3) is 28.0 Å². The highest BCUT2D eigenvalue weighted by Gasteiger charge is 2.14. The van der Waals surface area contributed by atoms with Crippen molar-refractivity contribution in [3.8, 4) is 22.8 Å². The van der Waals surface area contributed by atoms with Gasteiger partial charge in [0.2, 0.25) is 5.91 Å². The van der Waals surface area contributed by atoms with Gasteiger partial charge in [-0.25, -0.2) is 4.98 Å². The summed E-state index contributed by atoms with van der Waals surface area (Å²) in [6.45, 7) is 0.621. The molecule has 3 heterocycles. The molecule has 0 unspecified atom stereocenters. The average molecular weight is 406 g/mol. The Hall–Kier alpha value is -3.88. The van der Waals surface area contributed by atoms with Crippen LogP contribution >= 0.6 is 0 Å². The molecule has 1 amide bonds. The molecule has 0 radical (unpaired) electrons. The summed E-state index contributed by atoms with van der Waals surface area (Å²) in [5.74, 6) is 1.21. The number of benzene rings is 1. The number of aromatic amines is 1. The predicted molar refractivity (Wildman–Crippen MR) is 113 cm³/mol. The van der Waals surface area contributed by atoms with Gasteiger partial charge in [0.05, 0.1) is 30.1 Å². The lowest BCUT2D eigenvalue weighted by Crippen LogP contribution is -2.17. The third-order valence-corrected chi connectivity index (χ3v) is 4.90. The summed E-state index contributed by atoms with van der Waals surface area (Å²) in [6, 6.07) is 7.35. The van der Waals surface area contributed by atoms with Gasteiger partial charge in [-0.15, -0.1) is 0 Å². The van der Waals surface area contributed by atoms with Crippen LogP contribution in [0.3, 0.4) is 0 Å². The van der Waals surface area contributed by atoms with Crippen LogP contribution in [0.15, 0.2) is 53.8 Å². The Morgan fingerprint density at radius 2 is 2.17 bits per heavy atom. The summed E-state index contributed by atoms with van der Waals surface area (Å²) in [7, 11) is 3.21. The van der Waals surface area contributed by atoms with Crippen molar-refractivity contribution in [2.75, 3.05) is 14.2 Å². The number of hydrogen-bond acceptors (Lipinski definition) is 5. The summed E-state index contributed by atoms with van der Waals surface area (Å²) < 4.78 is 8.82. The van der Waals surface area contributed by atoms with E-state index in [4.69, 9.17) is 4.74 Å². The van der Waals surface area contributed by atoms with Gasteiger partial charge >= 0.3 is 0 Å². The minimum atomic E-state index is -0.235. The van der Waals surface area contributed by atoms with Crippen LogP contribution in [0.4, 0.5) is 0 Å². The maximum Gasteiger partial charge on any atom is 0.259 e. The summed E-state index contributed by atoms with van der Waals surface area (Å²) in [5, 5.41) is 7.85. The summed E-state index contributed by atoms with van der Waals surface area (Å²) in [4.78, 5) is 31.4. The highest BCUT2D eigenvalue weighted by atomic mass is 16.5. The van der Waals surface area contributed by atoms with Gasteiger partial charge in [-0.2, -0.15) is 5.10 Å². The van der Waals surface area contributed by atoms with E-state index in [9.17, 15) is 9.59 Å². The van der Waals surface area contributed by atoms with Gasteiger partial charge in [0.25, 0.3) is 5.56 Å². The van der Waals surface area contributed by atoms with E-state index in [2.05, 4.69) is 20.4 Å². The quantitative estimate of drug-likeness (QED) is 0.489. The molecule has 0 fully saturated rings. The number of aryl methyl sites for hydroxylation is 1. The van der Waals surface area contributed by atoms with Gasteiger partial charge in [-0.3, -0.25) is 18.8 Å². The van der Waals surface area contributed by atoms with E-state index in [1.165, 1.54) is 0 Å². The van der Waals surface area contributed by atoms with Crippen molar-refractivity contribution in [2.24, 2.45) is 0 Å². The number of hydrogen-bond donors (Lipinski definition) is 2. The van der Waals surface area contributed by atoms with Crippen molar-refractivity contribution in [1.29, 1.82) is 0 Å². The number of imidazole rings is 1. The van der Waals surface area contributed by atoms with E-state index in [1.807, 2.05) is 29.0 Å². The number of pyridine rings is 1. The Labute approximate surface area is 172 Å². The molecule has 4 aromatic rings. The molecule has 0 atom stereocenters. The molecule has 30 heavy (non-hydrogen) atoms. The van der Waals surface area contributed by atoms with Crippen molar-refractivity contribution >= 4 is 16.8 Å². The molecule has 4 rings (SSSR count). The predicted octanol–water partition coefficient (Wildman–Crippen LogP) is 2.11. The zero-order valence-electron chi connectivity index (χ0n) is 16.8. The minimum absolute atomic E-state index is 0.00687. The lowest BCUT2D eigenvalue weighted by molar-refractivity contribution is -0.120. The standard InChI is InChI=1S/C21H22N6O3/c1-22-19(28)4-3-8-26-13-15(12-24-26)27-9-7-23-20(27)17-10-14-5-6-16(30-2)11-18(14)25-21(17)29/h5-7,9-13H,3-4,8H2,1-2H3,(H,22,28)(H,25,29). The van der Waals surface area contributed by atoms with Crippen molar-refractivity contribution in [2.45, 2.75) is 19.4 Å². The molecule has 9 nitrogen and oxygen atoms in total. The highest BCUT2D eigenvalue weighted by Crippen LogP contribution is 2.23. The molecular weight excluding hydrogens is 384 g/mol. The average Bonchev–Trinajstić information content (AvgIpc) is 3.42. The number of nitrogens with one attached hydrogen (secondary N) is 2. The fraction of sp³-hybridized carbons (Fsp3) is 0.238. The molecule has 0 saturated heterocycles. The number of ether oxygens (including phenoxy) is 1. The first-order valence-electron chi connectivity index (χ1n) is 9.57. The van der Waals surface area contributed by atoms with E-state index in [-0.39, 0.29) is 11.5 Å². The maximum absolute atomic E-state index is 12.7. The number of nitrogens with zero attached hydrogens (tertiary/aromatic N) is 4. The summed E-state index contributed by atoms with van der Waals surface area (Å²) in [5.41, 5.74) is 1.72. The highest BCUT2D eigenvalue weighted by molar-refractivity contribution is 5.83. The van der Waals surface area contributed by atoms with E-state index < -0.39 is 0 Å². The summed E-state index contributed by atoms with van der Waals surface area (Å²) in [6.07, 6.45) is 8.15. The molecular formula is C21H22N6O3. The summed E-state index contributed by atoms with van der Waals surface area (Å²) >= 11 is 0. The molecule has 2 N–H and O–H groups in total. The molecule has 3 aromatic heterocycles. The van der Waals surface area contributed by atoms with Crippen LogP contribution in [-0.4, -0.2) is 44.4 Å². The number of carbonyl (C=O) groups excluding carboxylic acids is 1. The van der Waals surface area contributed by atoms with Gasteiger partial charge in [0.1, 0.15) is 11.6 Å². The monoisotopic (exact) mass is 406 g/mol. The van der Waals surface area contributed by atoms with Crippen molar-refractivity contribution in [3.05, 3.63) is 59.4 Å². The number of rotatable bonds is 7. The SMILES string of the molecule is CNC(=O)CCCn1cc(-n2ccnc2-c2cc3ccc(OC)cc3[nH]c2=O)cn1. The minimum Gasteiger partial charge on any atom is -0.497 e. The third-order valence-electron chi connectivity index (χ3n) is 4.90. The molecule has 0 aliphatic rings. The lowest BCUT2D eigenvalue weighted by atomic mass is 10.1. The first-order chi connectivity index (χ1) is 14.6. The van der Waals surface area contributed by atoms with Crippen molar-refractivity contribution in [1.82, 2.24) is 29.6 Å². The Balaban J connectivity index is 1.63. The molecule has 9 heteroatoms.